The summed E-state index contributed by atoms with van der Waals surface area (Å²) in [5.74, 6) is 3.42. The highest BCUT2D eigenvalue weighted by Crippen LogP contribution is 1.94. The molecule has 0 saturated heterocycles. The zero-order valence-electron chi connectivity index (χ0n) is 8.45. The Labute approximate surface area is 85.0 Å². The standard InChI is InChI=1S/C11H15N3/c1-3-4-5-7-12-9-11-6-8-13-10(2)14-11/h1,6,8,12H,4-5,7,9H2,2H3. The molecule has 0 aliphatic rings. The van der Waals surface area contributed by atoms with Gasteiger partial charge < -0.3 is 5.32 Å². The van der Waals surface area contributed by atoms with Gasteiger partial charge in [-0.2, -0.15) is 0 Å². The van der Waals surface area contributed by atoms with Crippen LogP contribution in [0.3, 0.4) is 0 Å². The zero-order chi connectivity index (χ0) is 10.2. The zero-order valence-corrected chi connectivity index (χ0v) is 8.45. The lowest BCUT2D eigenvalue weighted by Gasteiger charge is -2.02. The summed E-state index contributed by atoms with van der Waals surface area (Å²) in [7, 11) is 0. The first-order valence-electron chi connectivity index (χ1n) is 4.75. The van der Waals surface area contributed by atoms with E-state index in [0.717, 1.165) is 37.4 Å². The van der Waals surface area contributed by atoms with Crippen molar-refractivity contribution in [2.75, 3.05) is 6.54 Å². The number of hydrogen-bond acceptors (Lipinski definition) is 3. The van der Waals surface area contributed by atoms with Gasteiger partial charge in [0.2, 0.25) is 0 Å². The minimum absolute atomic E-state index is 0.786. The smallest absolute Gasteiger partial charge is 0.125 e. The van der Waals surface area contributed by atoms with E-state index < -0.39 is 0 Å². The molecule has 74 valence electrons. The Morgan fingerprint density at radius 2 is 2.43 bits per heavy atom. The number of unbranched alkanes of at least 4 members (excludes halogenated alkanes) is 1. The topological polar surface area (TPSA) is 37.8 Å². The predicted octanol–water partition coefficient (Wildman–Crippen LogP) is 1.29. The third-order valence-electron chi connectivity index (χ3n) is 1.81. The number of terminal acetylenes is 1. The summed E-state index contributed by atoms with van der Waals surface area (Å²) in [4.78, 5) is 8.31. The lowest BCUT2D eigenvalue weighted by Crippen LogP contribution is -2.15. The first-order chi connectivity index (χ1) is 6.83. The molecule has 1 N–H and O–H groups in total. The van der Waals surface area contributed by atoms with Crippen LogP contribution in [-0.2, 0) is 6.54 Å². The lowest BCUT2D eigenvalue weighted by molar-refractivity contribution is 0.646. The first-order valence-corrected chi connectivity index (χ1v) is 4.75. The molecule has 0 atom stereocenters. The quantitative estimate of drug-likeness (QED) is 0.560. The van der Waals surface area contributed by atoms with E-state index in [1.165, 1.54) is 0 Å². The van der Waals surface area contributed by atoms with Crippen LogP contribution in [-0.4, -0.2) is 16.5 Å². The van der Waals surface area contributed by atoms with Gasteiger partial charge in [0.25, 0.3) is 0 Å². The van der Waals surface area contributed by atoms with Gasteiger partial charge in [-0.3, -0.25) is 0 Å². The van der Waals surface area contributed by atoms with Crippen LogP contribution in [0.2, 0.25) is 0 Å². The Morgan fingerprint density at radius 3 is 3.14 bits per heavy atom. The number of nitrogens with zero attached hydrogens (tertiary/aromatic N) is 2. The minimum Gasteiger partial charge on any atom is -0.311 e. The third kappa shape index (κ3) is 4.01. The highest BCUT2D eigenvalue weighted by Gasteiger charge is 1.94. The normalized spacial score (nSPS) is 9.71. The number of nitrogens with one attached hydrogen (secondary N) is 1. The highest BCUT2D eigenvalue weighted by molar-refractivity contribution is 5.00. The largest absolute Gasteiger partial charge is 0.311 e. The van der Waals surface area contributed by atoms with Crippen LogP contribution in [0.4, 0.5) is 0 Å². The van der Waals surface area contributed by atoms with Crippen molar-refractivity contribution in [3.8, 4) is 12.3 Å². The van der Waals surface area contributed by atoms with E-state index in [-0.39, 0.29) is 0 Å². The summed E-state index contributed by atoms with van der Waals surface area (Å²) in [6, 6.07) is 1.92. The van der Waals surface area contributed by atoms with Gasteiger partial charge in [-0.15, -0.1) is 12.3 Å². The maximum absolute atomic E-state index is 5.14. The summed E-state index contributed by atoms with van der Waals surface area (Å²) >= 11 is 0. The second-order valence-corrected chi connectivity index (χ2v) is 3.08. The van der Waals surface area contributed by atoms with Crippen molar-refractivity contribution in [2.24, 2.45) is 0 Å². The van der Waals surface area contributed by atoms with E-state index in [1.54, 1.807) is 6.20 Å². The summed E-state index contributed by atoms with van der Waals surface area (Å²) in [5, 5.41) is 3.28. The Kier molecular flexibility index (Phi) is 4.66. The van der Waals surface area contributed by atoms with Crippen LogP contribution in [0.25, 0.3) is 0 Å². The fourth-order valence-electron chi connectivity index (χ4n) is 1.14. The van der Waals surface area contributed by atoms with Crippen molar-refractivity contribution < 1.29 is 0 Å². The van der Waals surface area contributed by atoms with Gasteiger partial charge in [0.1, 0.15) is 5.82 Å². The maximum atomic E-state index is 5.14. The van der Waals surface area contributed by atoms with Gasteiger partial charge in [-0.05, 0) is 26.0 Å². The van der Waals surface area contributed by atoms with Crippen molar-refractivity contribution in [3.63, 3.8) is 0 Å². The molecule has 1 heterocycles. The summed E-state index contributed by atoms with van der Waals surface area (Å²) in [5.41, 5.74) is 1.03. The molecule has 0 unspecified atom stereocenters. The number of rotatable bonds is 5. The second kappa shape index (κ2) is 6.11. The monoisotopic (exact) mass is 189 g/mol. The maximum Gasteiger partial charge on any atom is 0.125 e. The number of aromatic nitrogens is 2. The van der Waals surface area contributed by atoms with Gasteiger partial charge in [0.05, 0.1) is 5.69 Å². The van der Waals surface area contributed by atoms with Crippen molar-refractivity contribution in [1.29, 1.82) is 0 Å². The Morgan fingerprint density at radius 1 is 1.57 bits per heavy atom. The van der Waals surface area contributed by atoms with Gasteiger partial charge in [0.15, 0.2) is 0 Å². The van der Waals surface area contributed by atoms with E-state index in [2.05, 4.69) is 21.2 Å². The molecule has 0 fully saturated rings. The number of aryl methyl sites for hydroxylation is 1. The average Bonchev–Trinajstić information content (AvgIpc) is 2.18. The van der Waals surface area contributed by atoms with Crippen LogP contribution in [0.15, 0.2) is 12.3 Å². The van der Waals surface area contributed by atoms with Crippen molar-refractivity contribution in [2.45, 2.75) is 26.3 Å². The Bertz CT molecular complexity index is 315. The predicted molar refractivity (Wildman–Crippen MR) is 56.5 cm³/mol. The van der Waals surface area contributed by atoms with Crippen molar-refractivity contribution >= 4 is 0 Å². The molecule has 0 aromatic carbocycles. The molecule has 3 nitrogen and oxygen atoms in total. The van der Waals surface area contributed by atoms with Gasteiger partial charge in [0, 0.05) is 19.2 Å². The minimum atomic E-state index is 0.786. The Hall–Kier alpha value is -1.40. The van der Waals surface area contributed by atoms with Crippen LogP contribution >= 0.6 is 0 Å². The van der Waals surface area contributed by atoms with Crippen LogP contribution < -0.4 is 5.32 Å². The van der Waals surface area contributed by atoms with Gasteiger partial charge in [-0.25, -0.2) is 9.97 Å². The fourth-order valence-corrected chi connectivity index (χ4v) is 1.14. The second-order valence-electron chi connectivity index (χ2n) is 3.08. The SMILES string of the molecule is C#CCCCNCc1ccnc(C)n1. The van der Waals surface area contributed by atoms with E-state index in [0.29, 0.717) is 0 Å². The lowest BCUT2D eigenvalue weighted by atomic mass is 10.3. The van der Waals surface area contributed by atoms with Crippen LogP contribution in [0.5, 0.6) is 0 Å². The molecular formula is C11H15N3. The molecular weight excluding hydrogens is 174 g/mol. The van der Waals surface area contributed by atoms with E-state index >= 15 is 0 Å². The fraction of sp³-hybridized carbons (Fsp3) is 0.455. The Balaban J connectivity index is 2.22. The van der Waals surface area contributed by atoms with Crippen LogP contribution in [0.1, 0.15) is 24.4 Å². The molecule has 0 amide bonds. The molecule has 1 aromatic heterocycles. The van der Waals surface area contributed by atoms with Gasteiger partial charge >= 0.3 is 0 Å². The van der Waals surface area contributed by atoms with Gasteiger partial charge in [-0.1, -0.05) is 0 Å². The van der Waals surface area contributed by atoms with E-state index in [9.17, 15) is 0 Å². The summed E-state index contributed by atoms with van der Waals surface area (Å²) in [6.07, 6.45) is 8.77. The summed E-state index contributed by atoms with van der Waals surface area (Å²) < 4.78 is 0. The molecule has 0 spiro atoms. The molecule has 0 saturated carbocycles. The summed E-state index contributed by atoms with van der Waals surface area (Å²) in [6.45, 7) is 3.61. The average molecular weight is 189 g/mol. The van der Waals surface area contributed by atoms with E-state index in [1.807, 2.05) is 13.0 Å². The molecule has 3 heteroatoms. The third-order valence-corrected chi connectivity index (χ3v) is 1.81. The molecule has 0 radical (unpaired) electrons. The van der Waals surface area contributed by atoms with Crippen molar-refractivity contribution in [1.82, 2.24) is 15.3 Å². The number of hydrogen-bond donors (Lipinski definition) is 1. The first kappa shape index (κ1) is 10.7. The molecule has 0 aliphatic carbocycles. The molecule has 0 bridgehead atoms. The highest BCUT2D eigenvalue weighted by atomic mass is 14.9. The molecule has 14 heavy (non-hydrogen) atoms. The van der Waals surface area contributed by atoms with Crippen molar-refractivity contribution in [3.05, 3.63) is 23.8 Å². The molecule has 1 aromatic rings. The molecule has 0 aliphatic heterocycles. The van der Waals surface area contributed by atoms with Crippen LogP contribution in [0, 0.1) is 19.3 Å². The van der Waals surface area contributed by atoms with E-state index in [4.69, 9.17) is 6.42 Å². The molecule has 1 rings (SSSR count).